The van der Waals surface area contributed by atoms with Crippen molar-refractivity contribution in [1.29, 1.82) is 0 Å². The fraction of sp³-hybridized carbons (Fsp3) is 0.611. The van der Waals surface area contributed by atoms with Crippen LogP contribution in [0.2, 0.25) is 0 Å². The van der Waals surface area contributed by atoms with Crippen LogP contribution < -0.4 is 15.1 Å². The highest BCUT2D eigenvalue weighted by molar-refractivity contribution is 5.95. The monoisotopic (exact) mass is 302 g/mol. The van der Waals surface area contributed by atoms with Gasteiger partial charge in [-0.05, 0) is 25.0 Å². The van der Waals surface area contributed by atoms with Crippen LogP contribution in [-0.4, -0.2) is 38.8 Å². The molecule has 4 heteroatoms. The van der Waals surface area contributed by atoms with E-state index in [1.54, 1.807) is 4.90 Å². The molecule has 1 aromatic rings. The van der Waals surface area contributed by atoms with Gasteiger partial charge in [-0.15, -0.1) is 0 Å². The second kappa shape index (κ2) is 6.29. The lowest BCUT2D eigenvalue weighted by Crippen LogP contribution is -3.11. The van der Waals surface area contributed by atoms with E-state index in [1.165, 1.54) is 11.1 Å². The van der Waals surface area contributed by atoms with Crippen LogP contribution in [0.3, 0.4) is 0 Å². The molecule has 3 atom stereocenters. The van der Waals surface area contributed by atoms with Gasteiger partial charge in [0, 0.05) is 18.7 Å². The number of hydrogen-bond acceptors (Lipinski definition) is 1. The van der Waals surface area contributed by atoms with Crippen LogP contribution in [0.4, 0.5) is 10.5 Å². The third-order valence-electron chi connectivity index (χ3n) is 5.10. The Morgan fingerprint density at radius 2 is 2.27 bits per heavy atom. The molecule has 3 rings (SSSR count). The number of likely N-dealkylation sites (N-methyl/N-ethyl adjacent to an activating group) is 1. The van der Waals surface area contributed by atoms with Crippen LogP contribution >= 0.6 is 0 Å². The summed E-state index contributed by atoms with van der Waals surface area (Å²) in [5.74, 6) is 0.487. The number of rotatable bonds is 3. The van der Waals surface area contributed by atoms with Gasteiger partial charge in [0.05, 0.1) is 32.1 Å². The highest BCUT2D eigenvalue weighted by atomic mass is 16.2. The van der Waals surface area contributed by atoms with Gasteiger partial charge in [0.25, 0.3) is 0 Å². The maximum absolute atomic E-state index is 12.7. The van der Waals surface area contributed by atoms with Crippen molar-refractivity contribution in [1.82, 2.24) is 5.32 Å². The lowest BCUT2D eigenvalue weighted by Gasteiger charge is -2.34. The van der Waals surface area contributed by atoms with E-state index in [0.717, 1.165) is 44.6 Å². The van der Waals surface area contributed by atoms with E-state index < -0.39 is 0 Å². The number of quaternary nitrogens is 1. The lowest BCUT2D eigenvalue weighted by atomic mass is 9.89. The van der Waals surface area contributed by atoms with Crippen LogP contribution in [0.1, 0.15) is 43.2 Å². The molecule has 120 valence electrons. The normalized spacial score (nSPS) is 26.5. The van der Waals surface area contributed by atoms with Gasteiger partial charge in [-0.2, -0.15) is 0 Å². The highest BCUT2D eigenvalue weighted by Crippen LogP contribution is 2.42. The Morgan fingerprint density at radius 1 is 1.45 bits per heavy atom. The number of aryl methyl sites for hydroxylation is 1. The number of unbranched alkanes of at least 4 members (excludes halogenated alkanes) is 1. The van der Waals surface area contributed by atoms with E-state index in [9.17, 15) is 4.79 Å². The van der Waals surface area contributed by atoms with E-state index in [1.807, 2.05) is 4.90 Å². The first-order chi connectivity index (χ1) is 10.6. The van der Waals surface area contributed by atoms with Crippen molar-refractivity contribution >= 4 is 11.7 Å². The van der Waals surface area contributed by atoms with Crippen molar-refractivity contribution in [3.05, 3.63) is 29.3 Å². The lowest BCUT2D eigenvalue weighted by molar-refractivity contribution is -0.886. The van der Waals surface area contributed by atoms with Crippen LogP contribution in [0.15, 0.2) is 18.2 Å². The number of fused-ring (bicyclic) bond motifs is 3. The smallest absolute Gasteiger partial charge is 0.322 e. The van der Waals surface area contributed by atoms with Crippen molar-refractivity contribution in [2.45, 2.75) is 45.1 Å². The predicted octanol–water partition coefficient (Wildman–Crippen LogP) is 1.70. The number of carbonyl (C=O) groups is 1. The predicted molar refractivity (Wildman–Crippen MR) is 89.7 cm³/mol. The molecule has 1 aromatic carbocycles. The average molecular weight is 302 g/mol. The first-order valence-electron chi connectivity index (χ1n) is 8.60. The summed E-state index contributed by atoms with van der Waals surface area (Å²) in [5.41, 5.74) is 3.79. The number of anilines is 1. The molecule has 2 heterocycles. The zero-order valence-electron chi connectivity index (χ0n) is 14.0. The first-order valence-corrected chi connectivity index (χ1v) is 8.60. The van der Waals surface area contributed by atoms with E-state index in [4.69, 9.17) is 0 Å². The van der Waals surface area contributed by atoms with Gasteiger partial charge in [0.1, 0.15) is 0 Å². The van der Waals surface area contributed by atoms with Crippen molar-refractivity contribution in [3.63, 3.8) is 0 Å². The molecule has 2 N–H and O–H groups in total. The Hall–Kier alpha value is -1.55. The molecule has 2 aliphatic rings. The SMILES string of the molecule is CCCCNC(=O)N1c2ccc(C)cc2[C@@H]2C[NH+](C)CC[C@H]21. The fourth-order valence-corrected chi connectivity index (χ4v) is 3.92. The summed E-state index contributed by atoms with van der Waals surface area (Å²) >= 11 is 0. The average Bonchev–Trinajstić information content (AvgIpc) is 2.80. The number of carbonyl (C=O) groups excluding carboxylic acids is 1. The molecule has 0 spiro atoms. The van der Waals surface area contributed by atoms with Crippen molar-refractivity contribution < 1.29 is 9.69 Å². The summed E-state index contributed by atoms with van der Waals surface area (Å²) in [6, 6.07) is 6.97. The number of hydrogen-bond donors (Lipinski definition) is 2. The van der Waals surface area contributed by atoms with Crippen molar-refractivity contribution in [2.24, 2.45) is 0 Å². The molecule has 2 amide bonds. The third kappa shape index (κ3) is 2.72. The molecule has 0 aliphatic carbocycles. The summed E-state index contributed by atoms with van der Waals surface area (Å²) < 4.78 is 0. The fourth-order valence-electron chi connectivity index (χ4n) is 3.92. The van der Waals surface area contributed by atoms with Gasteiger partial charge in [-0.1, -0.05) is 31.0 Å². The molecule has 0 aromatic heterocycles. The molecular weight excluding hydrogens is 274 g/mol. The van der Waals surface area contributed by atoms with Gasteiger partial charge < -0.3 is 10.2 Å². The largest absolute Gasteiger partial charge is 0.338 e. The Morgan fingerprint density at radius 3 is 3.05 bits per heavy atom. The standard InChI is InChI=1S/C18H27N3O/c1-4-5-9-19-18(22)21-16-7-6-13(2)11-14(16)15-12-20(3)10-8-17(15)21/h6-7,11,15,17H,4-5,8-10,12H2,1-3H3,(H,19,22)/p+1/t15-,17+/m0/s1. The molecule has 1 fully saturated rings. The van der Waals surface area contributed by atoms with Crippen LogP contribution in [-0.2, 0) is 0 Å². The molecule has 22 heavy (non-hydrogen) atoms. The van der Waals surface area contributed by atoms with Crippen molar-refractivity contribution in [3.8, 4) is 0 Å². The maximum atomic E-state index is 12.7. The van der Waals surface area contributed by atoms with Gasteiger partial charge in [-0.3, -0.25) is 4.90 Å². The highest BCUT2D eigenvalue weighted by Gasteiger charge is 2.45. The van der Waals surface area contributed by atoms with Crippen molar-refractivity contribution in [2.75, 3.05) is 31.6 Å². The van der Waals surface area contributed by atoms with Crippen LogP contribution in [0.5, 0.6) is 0 Å². The van der Waals surface area contributed by atoms with Gasteiger partial charge in [0.15, 0.2) is 0 Å². The number of piperidine rings is 1. The van der Waals surface area contributed by atoms with Crippen LogP contribution in [0.25, 0.3) is 0 Å². The van der Waals surface area contributed by atoms with Crippen LogP contribution in [0, 0.1) is 6.92 Å². The summed E-state index contributed by atoms with van der Waals surface area (Å²) in [7, 11) is 2.26. The molecular formula is C18H28N3O+. The third-order valence-corrected chi connectivity index (χ3v) is 5.10. The van der Waals surface area contributed by atoms with E-state index in [-0.39, 0.29) is 6.03 Å². The summed E-state index contributed by atoms with van der Waals surface area (Å²) in [6.45, 7) is 7.33. The van der Waals surface area contributed by atoms with E-state index in [0.29, 0.717) is 12.0 Å². The molecule has 4 nitrogen and oxygen atoms in total. The van der Waals surface area contributed by atoms with Gasteiger partial charge in [-0.25, -0.2) is 4.79 Å². The molecule has 1 unspecified atom stereocenters. The number of nitrogens with zero attached hydrogens (tertiary/aromatic N) is 1. The second-order valence-electron chi connectivity index (χ2n) is 6.89. The molecule has 0 saturated carbocycles. The number of amides is 2. The Balaban J connectivity index is 1.88. The number of benzene rings is 1. The van der Waals surface area contributed by atoms with Gasteiger partial charge in [0.2, 0.25) is 0 Å². The van der Waals surface area contributed by atoms with E-state index >= 15 is 0 Å². The topological polar surface area (TPSA) is 36.8 Å². The Labute approximate surface area is 133 Å². The minimum Gasteiger partial charge on any atom is -0.338 e. The Bertz CT molecular complexity index is 557. The minimum absolute atomic E-state index is 0.0885. The van der Waals surface area contributed by atoms with Gasteiger partial charge >= 0.3 is 6.03 Å². The zero-order chi connectivity index (χ0) is 15.7. The first kappa shape index (κ1) is 15.3. The molecule has 0 radical (unpaired) electrons. The molecule has 1 saturated heterocycles. The molecule has 2 aliphatic heterocycles. The second-order valence-corrected chi connectivity index (χ2v) is 6.89. The summed E-state index contributed by atoms with van der Waals surface area (Å²) in [4.78, 5) is 16.3. The summed E-state index contributed by atoms with van der Waals surface area (Å²) in [6.07, 6.45) is 3.24. The van der Waals surface area contributed by atoms with E-state index in [2.05, 4.69) is 44.4 Å². The maximum Gasteiger partial charge on any atom is 0.322 e. The summed E-state index contributed by atoms with van der Waals surface area (Å²) in [5, 5.41) is 3.11. The number of nitrogens with one attached hydrogen (secondary N) is 2. The molecule has 0 bridgehead atoms. The number of urea groups is 1. The Kier molecular flexibility index (Phi) is 4.39. The quantitative estimate of drug-likeness (QED) is 0.819. The zero-order valence-corrected chi connectivity index (χ0v) is 14.0. The minimum atomic E-state index is 0.0885. The number of likely N-dealkylation sites (tertiary alicyclic amines) is 1.